The molecular formula is C16H26FNO. The molecule has 0 fully saturated rings. The molecule has 0 amide bonds. The molecule has 108 valence electrons. The van der Waals surface area contributed by atoms with Gasteiger partial charge in [-0.2, -0.15) is 0 Å². The molecule has 0 saturated carbocycles. The number of rotatable bonds is 6. The zero-order chi connectivity index (χ0) is 14.6. The van der Waals surface area contributed by atoms with Gasteiger partial charge in [0.25, 0.3) is 0 Å². The second-order valence-electron chi connectivity index (χ2n) is 5.90. The molecule has 2 nitrogen and oxygen atoms in total. The van der Waals surface area contributed by atoms with Crippen LogP contribution in [0.1, 0.15) is 50.8 Å². The topological polar surface area (TPSA) is 23.5 Å². The zero-order valence-electron chi connectivity index (χ0n) is 12.7. The van der Waals surface area contributed by atoms with Crippen LogP contribution in [0.25, 0.3) is 0 Å². The van der Waals surface area contributed by atoms with E-state index in [9.17, 15) is 9.50 Å². The largest absolute Gasteiger partial charge is 0.388 e. The van der Waals surface area contributed by atoms with Crippen LogP contribution < -0.4 is 0 Å². The molecule has 19 heavy (non-hydrogen) atoms. The van der Waals surface area contributed by atoms with Gasteiger partial charge in [0.05, 0.1) is 6.10 Å². The van der Waals surface area contributed by atoms with E-state index in [0.717, 1.165) is 13.0 Å². The molecule has 0 aliphatic carbocycles. The highest BCUT2D eigenvalue weighted by Gasteiger charge is 2.21. The lowest BCUT2D eigenvalue weighted by Crippen LogP contribution is -2.41. The van der Waals surface area contributed by atoms with Crippen LogP contribution in [0.2, 0.25) is 0 Å². The fraction of sp³-hybridized carbons (Fsp3) is 0.625. The first-order valence-corrected chi connectivity index (χ1v) is 6.93. The van der Waals surface area contributed by atoms with E-state index in [-0.39, 0.29) is 11.4 Å². The molecule has 0 radical (unpaired) electrons. The molecule has 0 spiro atoms. The van der Waals surface area contributed by atoms with E-state index in [0.29, 0.717) is 17.5 Å². The van der Waals surface area contributed by atoms with Crippen molar-refractivity contribution in [3.8, 4) is 0 Å². The summed E-state index contributed by atoms with van der Waals surface area (Å²) >= 11 is 0. The molecule has 0 saturated heterocycles. The number of aryl methyl sites for hydroxylation is 1. The predicted molar refractivity (Wildman–Crippen MR) is 77.7 cm³/mol. The van der Waals surface area contributed by atoms with Crippen LogP contribution in [0.15, 0.2) is 18.2 Å². The van der Waals surface area contributed by atoms with Crippen LogP contribution in [0.4, 0.5) is 4.39 Å². The van der Waals surface area contributed by atoms with Crippen molar-refractivity contribution in [2.45, 2.75) is 52.2 Å². The summed E-state index contributed by atoms with van der Waals surface area (Å²) in [6, 6.07) is 4.95. The van der Waals surface area contributed by atoms with Gasteiger partial charge in [0.15, 0.2) is 0 Å². The Morgan fingerprint density at radius 1 is 1.37 bits per heavy atom. The lowest BCUT2D eigenvalue weighted by molar-refractivity contribution is 0.105. The standard InChI is InChI=1S/C16H26FNO/c1-6-16(3,4)18(5)10-9-15(19)13-8-7-12(2)14(17)11-13/h7-8,11,15,19H,6,9-10H2,1-5H3. The Kier molecular flexibility index (Phi) is 5.50. The lowest BCUT2D eigenvalue weighted by atomic mass is 9.98. The second-order valence-corrected chi connectivity index (χ2v) is 5.90. The SMILES string of the molecule is CCC(C)(C)N(C)CCC(O)c1ccc(C)c(F)c1. The summed E-state index contributed by atoms with van der Waals surface area (Å²) in [4.78, 5) is 2.24. The predicted octanol–water partition coefficient (Wildman–Crippen LogP) is 3.68. The van der Waals surface area contributed by atoms with Crippen LogP contribution in [0.5, 0.6) is 0 Å². The van der Waals surface area contributed by atoms with Gasteiger partial charge in [-0.3, -0.25) is 0 Å². The van der Waals surface area contributed by atoms with E-state index in [1.54, 1.807) is 19.1 Å². The Morgan fingerprint density at radius 3 is 2.53 bits per heavy atom. The summed E-state index contributed by atoms with van der Waals surface area (Å²) in [6.07, 6.45) is 1.06. The quantitative estimate of drug-likeness (QED) is 0.850. The van der Waals surface area contributed by atoms with E-state index in [2.05, 4.69) is 32.7 Å². The highest BCUT2D eigenvalue weighted by atomic mass is 19.1. The van der Waals surface area contributed by atoms with Crippen molar-refractivity contribution in [1.29, 1.82) is 0 Å². The van der Waals surface area contributed by atoms with Crippen molar-refractivity contribution < 1.29 is 9.50 Å². The first kappa shape index (κ1) is 16.1. The summed E-state index contributed by atoms with van der Waals surface area (Å²) < 4.78 is 13.5. The summed E-state index contributed by atoms with van der Waals surface area (Å²) in [5.74, 6) is -0.251. The van der Waals surface area contributed by atoms with Crippen molar-refractivity contribution in [3.05, 3.63) is 35.1 Å². The molecule has 3 heteroatoms. The van der Waals surface area contributed by atoms with Gasteiger partial charge in [0, 0.05) is 12.1 Å². The summed E-state index contributed by atoms with van der Waals surface area (Å²) in [7, 11) is 2.06. The fourth-order valence-electron chi connectivity index (χ4n) is 1.87. The van der Waals surface area contributed by atoms with Gasteiger partial charge in [0.1, 0.15) is 5.82 Å². The number of benzene rings is 1. The van der Waals surface area contributed by atoms with Crippen LogP contribution in [-0.2, 0) is 0 Å². The van der Waals surface area contributed by atoms with E-state index in [1.165, 1.54) is 6.07 Å². The van der Waals surface area contributed by atoms with Crippen molar-refractivity contribution in [3.63, 3.8) is 0 Å². The van der Waals surface area contributed by atoms with E-state index >= 15 is 0 Å². The molecule has 1 unspecified atom stereocenters. The fourth-order valence-corrected chi connectivity index (χ4v) is 1.87. The number of hydrogen-bond acceptors (Lipinski definition) is 2. The van der Waals surface area contributed by atoms with Gasteiger partial charge in [-0.1, -0.05) is 19.1 Å². The maximum atomic E-state index is 13.5. The van der Waals surface area contributed by atoms with Gasteiger partial charge in [-0.05, 0) is 57.9 Å². The average molecular weight is 267 g/mol. The van der Waals surface area contributed by atoms with Crippen LogP contribution >= 0.6 is 0 Å². The van der Waals surface area contributed by atoms with Gasteiger partial charge in [-0.15, -0.1) is 0 Å². The van der Waals surface area contributed by atoms with Gasteiger partial charge < -0.3 is 10.0 Å². The summed E-state index contributed by atoms with van der Waals surface area (Å²) in [5, 5.41) is 10.1. The Labute approximate surface area is 116 Å². The molecule has 0 aromatic heterocycles. The van der Waals surface area contributed by atoms with E-state index < -0.39 is 6.10 Å². The summed E-state index contributed by atoms with van der Waals surface area (Å²) in [5.41, 5.74) is 1.39. The molecule has 0 aliphatic rings. The Balaban J connectivity index is 2.60. The molecular weight excluding hydrogens is 241 g/mol. The van der Waals surface area contributed by atoms with Crippen LogP contribution in [-0.4, -0.2) is 29.1 Å². The number of aliphatic hydroxyl groups is 1. The highest BCUT2D eigenvalue weighted by Crippen LogP contribution is 2.22. The first-order chi connectivity index (χ1) is 8.77. The van der Waals surface area contributed by atoms with E-state index in [4.69, 9.17) is 0 Å². The normalized spacial score (nSPS) is 13.9. The monoisotopic (exact) mass is 267 g/mol. The first-order valence-electron chi connectivity index (χ1n) is 6.93. The third kappa shape index (κ3) is 4.29. The minimum absolute atomic E-state index is 0.123. The maximum Gasteiger partial charge on any atom is 0.126 e. The highest BCUT2D eigenvalue weighted by molar-refractivity contribution is 5.24. The molecule has 0 bridgehead atoms. The molecule has 1 N–H and O–H groups in total. The second kappa shape index (κ2) is 6.49. The van der Waals surface area contributed by atoms with E-state index in [1.807, 2.05) is 0 Å². The minimum Gasteiger partial charge on any atom is -0.388 e. The number of hydrogen-bond donors (Lipinski definition) is 1. The molecule has 1 rings (SSSR count). The third-order valence-corrected chi connectivity index (χ3v) is 4.22. The van der Waals surface area contributed by atoms with Crippen molar-refractivity contribution in [2.24, 2.45) is 0 Å². The molecule has 1 aromatic carbocycles. The van der Waals surface area contributed by atoms with Gasteiger partial charge >= 0.3 is 0 Å². The number of aliphatic hydroxyl groups excluding tert-OH is 1. The minimum atomic E-state index is -0.606. The lowest BCUT2D eigenvalue weighted by Gasteiger charge is -2.35. The molecule has 0 heterocycles. The van der Waals surface area contributed by atoms with Gasteiger partial charge in [0.2, 0.25) is 0 Å². The van der Waals surface area contributed by atoms with Gasteiger partial charge in [-0.25, -0.2) is 4.39 Å². The Hall–Kier alpha value is -0.930. The number of nitrogens with zero attached hydrogens (tertiary/aromatic N) is 1. The van der Waals surface area contributed by atoms with Crippen molar-refractivity contribution >= 4 is 0 Å². The average Bonchev–Trinajstić information content (AvgIpc) is 2.38. The third-order valence-electron chi connectivity index (χ3n) is 4.22. The van der Waals surface area contributed by atoms with Crippen molar-refractivity contribution in [1.82, 2.24) is 4.90 Å². The van der Waals surface area contributed by atoms with Crippen LogP contribution in [0, 0.1) is 12.7 Å². The van der Waals surface area contributed by atoms with Crippen LogP contribution in [0.3, 0.4) is 0 Å². The molecule has 1 atom stereocenters. The molecule has 1 aromatic rings. The van der Waals surface area contributed by atoms with Crippen molar-refractivity contribution in [2.75, 3.05) is 13.6 Å². The zero-order valence-corrected chi connectivity index (χ0v) is 12.7. The smallest absolute Gasteiger partial charge is 0.126 e. The Morgan fingerprint density at radius 2 is 2.00 bits per heavy atom. The summed E-state index contributed by atoms with van der Waals surface area (Å²) in [6.45, 7) is 9.04. The Bertz CT molecular complexity index is 417. The molecule has 0 aliphatic heterocycles. The number of halogens is 1. The maximum absolute atomic E-state index is 13.5.